The highest BCUT2D eigenvalue weighted by Crippen LogP contribution is 2.33. The maximum Gasteiger partial charge on any atom is 0.163 e. The van der Waals surface area contributed by atoms with Crippen molar-refractivity contribution >= 4 is 28.9 Å². The Hall–Kier alpha value is -4.03. The van der Waals surface area contributed by atoms with Crippen molar-refractivity contribution in [1.82, 2.24) is 19.7 Å². The summed E-state index contributed by atoms with van der Waals surface area (Å²) in [5.41, 5.74) is 3.36. The number of aromatic hydroxyl groups is 1. The van der Waals surface area contributed by atoms with Crippen molar-refractivity contribution in [2.75, 3.05) is 0 Å². The van der Waals surface area contributed by atoms with E-state index < -0.39 is 0 Å². The Kier molecular flexibility index (Phi) is 4.69. The van der Waals surface area contributed by atoms with Crippen molar-refractivity contribution in [3.05, 3.63) is 89.7 Å². The van der Waals surface area contributed by atoms with E-state index in [0.717, 1.165) is 16.5 Å². The number of carbonyl (C=O) groups excluding carboxylic acids is 1. The summed E-state index contributed by atoms with van der Waals surface area (Å²) >= 11 is 6.23. The van der Waals surface area contributed by atoms with Gasteiger partial charge in [-0.3, -0.25) is 4.79 Å². The number of fused-ring (bicyclic) bond motifs is 1. The maximum absolute atomic E-state index is 11.8. The Morgan fingerprint density at radius 2 is 1.84 bits per heavy atom. The average Bonchev–Trinajstić information content (AvgIpc) is 3.22. The van der Waals surface area contributed by atoms with E-state index >= 15 is 0 Å². The number of aromatic nitrogens is 4. The molecular weight excluding hydrogens is 412 g/mol. The maximum atomic E-state index is 11.8. The third-order valence-corrected chi connectivity index (χ3v) is 5.19. The molecule has 5 aromatic rings. The van der Waals surface area contributed by atoms with Crippen molar-refractivity contribution in [3.8, 4) is 34.0 Å². The van der Waals surface area contributed by atoms with E-state index in [9.17, 15) is 9.90 Å². The summed E-state index contributed by atoms with van der Waals surface area (Å²) in [7, 11) is 0. The van der Waals surface area contributed by atoms with Gasteiger partial charge in [0, 0.05) is 33.9 Å². The van der Waals surface area contributed by atoms with E-state index in [1.807, 2.05) is 36.4 Å². The molecule has 2 aromatic carbocycles. The van der Waals surface area contributed by atoms with E-state index in [4.69, 9.17) is 16.6 Å². The van der Waals surface area contributed by atoms with Crippen LogP contribution in [0.15, 0.2) is 79.1 Å². The van der Waals surface area contributed by atoms with Gasteiger partial charge in [-0.1, -0.05) is 35.9 Å². The van der Waals surface area contributed by atoms with Crippen LogP contribution in [0.25, 0.3) is 39.2 Å². The minimum atomic E-state index is 0.0408. The molecule has 0 bridgehead atoms. The van der Waals surface area contributed by atoms with Gasteiger partial charge in [0.2, 0.25) is 0 Å². The Balaban J connectivity index is 1.78. The number of hydrogen-bond acceptors (Lipinski definition) is 5. The number of pyridine rings is 2. The minimum absolute atomic E-state index is 0.0408. The molecule has 0 spiro atoms. The lowest BCUT2D eigenvalue weighted by molar-refractivity contribution is 0.112. The molecule has 0 aliphatic heterocycles. The fraction of sp³-hybridized carbons (Fsp3) is 0. The first kappa shape index (κ1) is 19.0. The quantitative estimate of drug-likeness (QED) is 0.393. The molecule has 0 atom stereocenters. The van der Waals surface area contributed by atoms with E-state index in [1.165, 1.54) is 4.68 Å². The summed E-state index contributed by atoms with van der Waals surface area (Å²) in [5.74, 6) is 0.539. The number of phenols is 1. The minimum Gasteiger partial charge on any atom is -0.507 e. The summed E-state index contributed by atoms with van der Waals surface area (Å²) in [5, 5.41) is 16.3. The molecule has 0 aliphatic rings. The number of benzene rings is 2. The number of hydrogen-bond donors (Lipinski definition) is 1. The van der Waals surface area contributed by atoms with Crippen LogP contribution in [-0.4, -0.2) is 31.1 Å². The van der Waals surface area contributed by atoms with Gasteiger partial charge in [-0.15, -0.1) is 0 Å². The number of halogens is 1. The van der Waals surface area contributed by atoms with Crippen LogP contribution >= 0.6 is 11.6 Å². The standard InChI is InChI=1S/C24H15ClN4O2/c25-18-7-3-5-15(11-18)20-12-16-6-4-10-26-23(16)27-24(20)29-13-17(14-30)22(28-29)19-8-1-2-9-21(19)31/h1-14,31H. The second-order valence-corrected chi connectivity index (χ2v) is 7.37. The smallest absolute Gasteiger partial charge is 0.163 e. The number of para-hydroxylation sites is 1. The van der Waals surface area contributed by atoms with Crippen molar-refractivity contribution in [2.45, 2.75) is 0 Å². The summed E-state index contributed by atoms with van der Waals surface area (Å²) in [4.78, 5) is 20.9. The fourth-order valence-electron chi connectivity index (χ4n) is 3.50. The zero-order chi connectivity index (χ0) is 21.4. The van der Waals surface area contributed by atoms with Gasteiger partial charge in [-0.2, -0.15) is 5.10 Å². The summed E-state index contributed by atoms with van der Waals surface area (Å²) < 4.78 is 1.54. The highest BCUT2D eigenvalue weighted by atomic mass is 35.5. The first-order valence-electron chi connectivity index (χ1n) is 9.49. The number of nitrogens with zero attached hydrogens (tertiary/aromatic N) is 4. The van der Waals surface area contributed by atoms with Crippen molar-refractivity contribution < 1.29 is 9.90 Å². The zero-order valence-electron chi connectivity index (χ0n) is 16.1. The second-order valence-electron chi connectivity index (χ2n) is 6.93. The Bertz CT molecular complexity index is 1450. The molecule has 3 aromatic heterocycles. The predicted octanol–water partition coefficient (Wildman–Crippen LogP) is 5.32. The molecule has 0 radical (unpaired) electrons. The van der Waals surface area contributed by atoms with E-state index in [-0.39, 0.29) is 5.75 Å². The van der Waals surface area contributed by atoms with Gasteiger partial charge in [0.1, 0.15) is 11.4 Å². The van der Waals surface area contributed by atoms with Crippen LogP contribution in [0.5, 0.6) is 5.75 Å². The molecule has 0 saturated heterocycles. The molecule has 150 valence electrons. The molecule has 1 N–H and O–H groups in total. The zero-order valence-corrected chi connectivity index (χ0v) is 16.9. The highest BCUT2D eigenvalue weighted by Gasteiger charge is 2.18. The lowest BCUT2D eigenvalue weighted by Crippen LogP contribution is -2.03. The lowest BCUT2D eigenvalue weighted by atomic mass is 10.1. The van der Waals surface area contributed by atoms with E-state index in [0.29, 0.717) is 39.6 Å². The van der Waals surface area contributed by atoms with Gasteiger partial charge in [-0.05, 0) is 48.0 Å². The van der Waals surface area contributed by atoms with Crippen LogP contribution in [0.1, 0.15) is 10.4 Å². The number of aldehydes is 1. The Morgan fingerprint density at radius 3 is 2.65 bits per heavy atom. The van der Waals surface area contributed by atoms with Crippen LogP contribution in [-0.2, 0) is 0 Å². The van der Waals surface area contributed by atoms with Crippen LogP contribution in [0.2, 0.25) is 5.02 Å². The Morgan fingerprint density at radius 1 is 0.968 bits per heavy atom. The summed E-state index contributed by atoms with van der Waals surface area (Å²) in [6.45, 7) is 0. The van der Waals surface area contributed by atoms with Gasteiger partial charge in [0.15, 0.2) is 17.8 Å². The lowest BCUT2D eigenvalue weighted by Gasteiger charge is -2.11. The Labute approximate surface area is 182 Å². The highest BCUT2D eigenvalue weighted by molar-refractivity contribution is 6.30. The first-order valence-corrected chi connectivity index (χ1v) is 9.87. The van der Waals surface area contributed by atoms with Crippen molar-refractivity contribution in [2.24, 2.45) is 0 Å². The summed E-state index contributed by atoms with van der Waals surface area (Å²) in [6, 6.07) is 19.9. The summed E-state index contributed by atoms with van der Waals surface area (Å²) in [6.07, 6.45) is 3.98. The number of rotatable bonds is 4. The van der Waals surface area contributed by atoms with E-state index in [1.54, 1.807) is 42.7 Å². The van der Waals surface area contributed by atoms with Crippen LogP contribution < -0.4 is 0 Å². The van der Waals surface area contributed by atoms with Gasteiger partial charge in [-0.25, -0.2) is 14.6 Å². The molecule has 3 heterocycles. The number of phenolic OH excluding ortho intramolecular Hbond substituents is 1. The topological polar surface area (TPSA) is 80.9 Å². The average molecular weight is 427 g/mol. The molecule has 5 rings (SSSR count). The molecule has 0 aliphatic carbocycles. The molecule has 0 saturated carbocycles. The van der Waals surface area contributed by atoms with E-state index in [2.05, 4.69) is 10.1 Å². The van der Waals surface area contributed by atoms with Crippen molar-refractivity contribution in [1.29, 1.82) is 0 Å². The van der Waals surface area contributed by atoms with Gasteiger partial charge in [0.25, 0.3) is 0 Å². The SMILES string of the molecule is O=Cc1cn(-c2nc3ncccc3cc2-c2cccc(Cl)c2)nc1-c1ccccc1O. The van der Waals surface area contributed by atoms with Crippen LogP contribution in [0.4, 0.5) is 0 Å². The first-order chi connectivity index (χ1) is 15.1. The third-order valence-electron chi connectivity index (χ3n) is 4.95. The largest absolute Gasteiger partial charge is 0.507 e. The van der Waals surface area contributed by atoms with Crippen LogP contribution in [0.3, 0.4) is 0 Å². The van der Waals surface area contributed by atoms with Crippen LogP contribution in [0, 0.1) is 0 Å². The van der Waals surface area contributed by atoms with Gasteiger partial charge < -0.3 is 5.11 Å². The monoisotopic (exact) mass is 426 g/mol. The molecule has 0 unspecified atom stereocenters. The van der Waals surface area contributed by atoms with Crippen molar-refractivity contribution in [3.63, 3.8) is 0 Å². The molecule has 7 heteroatoms. The normalized spacial score (nSPS) is 11.0. The molecule has 6 nitrogen and oxygen atoms in total. The fourth-order valence-corrected chi connectivity index (χ4v) is 3.69. The number of carbonyl (C=O) groups is 1. The van der Waals surface area contributed by atoms with Gasteiger partial charge in [0.05, 0.1) is 5.56 Å². The second kappa shape index (κ2) is 7.66. The third kappa shape index (κ3) is 3.43. The molecule has 0 amide bonds. The molecule has 0 fully saturated rings. The predicted molar refractivity (Wildman–Crippen MR) is 120 cm³/mol. The molecular formula is C24H15ClN4O2. The van der Waals surface area contributed by atoms with Gasteiger partial charge >= 0.3 is 0 Å². The molecule has 31 heavy (non-hydrogen) atoms.